The van der Waals surface area contributed by atoms with E-state index in [9.17, 15) is 0 Å². The summed E-state index contributed by atoms with van der Waals surface area (Å²) in [5.74, 6) is 0.608. The molecule has 266 valence electrons. The monoisotopic (exact) mass is 691 g/mol. The molecular formula is C52H53N. The van der Waals surface area contributed by atoms with Gasteiger partial charge in [0.15, 0.2) is 0 Å². The van der Waals surface area contributed by atoms with E-state index in [4.69, 9.17) is 0 Å². The van der Waals surface area contributed by atoms with Gasteiger partial charge in [0, 0.05) is 16.9 Å². The second-order valence-corrected chi connectivity index (χ2v) is 17.3. The van der Waals surface area contributed by atoms with Gasteiger partial charge in [-0.1, -0.05) is 176 Å². The summed E-state index contributed by atoms with van der Waals surface area (Å²) in [6, 6.07) is 54.9. The van der Waals surface area contributed by atoms with E-state index in [2.05, 4.69) is 192 Å². The molecule has 1 aliphatic carbocycles. The first-order valence-electron chi connectivity index (χ1n) is 19.7. The van der Waals surface area contributed by atoms with Crippen LogP contribution in [0.3, 0.4) is 0 Å². The number of benzene rings is 7. The fourth-order valence-corrected chi connectivity index (χ4v) is 8.55. The Balaban J connectivity index is 1.36. The van der Waals surface area contributed by atoms with Gasteiger partial charge in [-0.15, -0.1) is 0 Å². The van der Waals surface area contributed by atoms with Crippen LogP contribution in [-0.4, -0.2) is 0 Å². The van der Waals surface area contributed by atoms with Gasteiger partial charge in [-0.05, 0) is 115 Å². The highest BCUT2D eigenvalue weighted by molar-refractivity contribution is 6.03. The SMILES string of the molecule is CC(C)(C)c1cc(N(c2ccc(-c3cccc4ccccc34)cc2)c2ccccc2-c2cccc3cccc(C4CCCCC4)c23)cc(C(C)(C)C)c1. The summed E-state index contributed by atoms with van der Waals surface area (Å²) < 4.78 is 0. The van der Waals surface area contributed by atoms with Crippen LogP contribution in [-0.2, 0) is 10.8 Å². The molecule has 0 aliphatic heterocycles. The number of rotatable bonds is 6. The zero-order chi connectivity index (χ0) is 36.7. The van der Waals surface area contributed by atoms with Crippen LogP contribution in [0.25, 0.3) is 43.8 Å². The smallest absolute Gasteiger partial charge is 0.0540 e. The van der Waals surface area contributed by atoms with Crippen LogP contribution in [0.5, 0.6) is 0 Å². The van der Waals surface area contributed by atoms with Crippen molar-refractivity contribution in [2.24, 2.45) is 0 Å². The maximum absolute atomic E-state index is 2.52. The maximum atomic E-state index is 2.52. The molecule has 0 aromatic heterocycles. The molecule has 53 heavy (non-hydrogen) atoms. The lowest BCUT2D eigenvalue weighted by atomic mass is 9.80. The molecule has 1 heteroatoms. The van der Waals surface area contributed by atoms with Crippen molar-refractivity contribution < 1.29 is 0 Å². The first-order chi connectivity index (χ1) is 25.6. The quantitative estimate of drug-likeness (QED) is 0.168. The molecule has 0 N–H and O–H groups in total. The molecule has 0 amide bonds. The molecule has 1 aliphatic rings. The third kappa shape index (κ3) is 6.91. The lowest BCUT2D eigenvalue weighted by Crippen LogP contribution is -2.19. The van der Waals surface area contributed by atoms with E-state index >= 15 is 0 Å². The Bertz CT molecular complexity index is 2350. The summed E-state index contributed by atoms with van der Waals surface area (Å²) >= 11 is 0. The maximum Gasteiger partial charge on any atom is 0.0540 e. The fraction of sp³-hybridized carbons (Fsp3) is 0.269. The van der Waals surface area contributed by atoms with E-state index in [0.717, 1.165) is 5.69 Å². The predicted octanol–water partition coefficient (Wildman–Crippen LogP) is 15.4. The molecule has 1 fully saturated rings. The highest BCUT2D eigenvalue weighted by Crippen LogP contribution is 2.47. The zero-order valence-electron chi connectivity index (χ0n) is 32.4. The molecule has 8 rings (SSSR count). The van der Waals surface area contributed by atoms with Gasteiger partial charge in [0.05, 0.1) is 5.69 Å². The Morgan fingerprint density at radius 2 is 1.04 bits per heavy atom. The number of nitrogens with zero attached hydrogens (tertiary/aromatic N) is 1. The minimum Gasteiger partial charge on any atom is -0.310 e. The minimum atomic E-state index is -0.00997. The van der Waals surface area contributed by atoms with Crippen molar-refractivity contribution in [2.45, 2.75) is 90.4 Å². The standard InChI is InChI=1S/C52H53N/c1-51(2,3)40-33-41(52(4,5)6)35-43(34-40)53(42-31-29-38(30-32-42)45-25-14-20-36-19-10-11-23-44(36)45)49-28-13-12-24-47(49)48-27-16-22-39-21-15-26-46(50(39)48)37-17-8-7-9-18-37/h10-16,19-35,37H,7-9,17-18H2,1-6H3. The Kier molecular flexibility index (Phi) is 9.23. The lowest BCUT2D eigenvalue weighted by Gasteiger charge is -2.32. The molecule has 0 radical (unpaired) electrons. The van der Waals surface area contributed by atoms with Gasteiger partial charge < -0.3 is 4.90 Å². The number of anilines is 3. The van der Waals surface area contributed by atoms with E-state index in [0.29, 0.717) is 5.92 Å². The predicted molar refractivity (Wildman–Crippen MR) is 230 cm³/mol. The summed E-state index contributed by atoms with van der Waals surface area (Å²) in [5, 5.41) is 5.29. The van der Waals surface area contributed by atoms with Crippen molar-refractivity contribution in [1.82, 2.24) is 0 Å². The highest BCUT2D eigenvalue weighted by atomic mass is 15.1. The molecule has 7 aromatic carbocycles. The number of hydrogen-bond donors (Lipinski definition) is 0. The van der Waals surface area contributed by atoms with Crippen molar-refractivity contribution >= 4 is 38.6 Å². The van der Waals surface area contributed by atoms with Crippen LogP contribution in [0, 0.1) is 0 Å². The molecule has 0 heterocycles. The topological polar surface area (TPSA) is 3.24 Å². The Labute approximate surface area is 317 Å². The summed E-state index contributed by atoms with van der Waals surface area (Å²) in [5.41, 5.74) is 12.8. The first-order valence-corrected chi connectivity index (χ1v) is 19.7. The largest absolute Gasteiger partial charge is 0.310 e. The van der Waals surface area contributed by atoms with Crippen LogP contribution in [0.4, 0.5) is 17.1 Å². The molecular weight excluding hydrogens is 639 g/mol. The fourth-order valence-electron chi connectivity index (χ4n) is 8.55. The van der Waals surface area contributed by atoms with E-state index in [1.54, 1.807) is 0 Å². The zero-order valence-corrected chi connectivity index (χ0v) is 32.4. The van der Waals surface area contributed by atoms with E-state index in [-0.39, 0.29) is 10.8 Å². The number of fused-ring (bicyclic) bond motifs is 2. The number of para-hydroxylation sites is 1. The second-order valence-electron chi connectivity index (χ2n) is 17.3. The molecule has 1 nitrogen and oxygen atoms in total. The van der Waals surface area contributed by atoms with Gasteiger partial charge in [0.1, 0.15) is 0 Å². The molecule has 0 unspecified atom stereocenters. The molecule has 7 aromatic rings. The Morgan fingerprint density at radius 1 is 0.472 bits per heavy atom. The van der Waals surface area contributed by atoms with E-state index in [1.165, 1.54) is 104 Å². The summed E-state index contributed by atoms with van der Waals surface area (Å²) in [7, 11) is 0. The third-order valence-electron chi connectivity index (χ3n) is 11.6. The lowest BCUT2D eigenvalue weighted by molar-refractivity contribution is 0.445. The van der Waals surface area contributed by atoms with Gasteiger partial charge in [-0.2, -0.15) is 0 Å². The van der Waals surface area contributed by atoms with E-state index < -0.39 is 0 Å². The second kappa shape index (κ2) is 14.0. The molecule has 0 saturated heterocycles. The molecule has 1 saturated carbocycles. The minimum absolute atomic E-state index is 0.00997. The Morgan fingerprint density at radius 3 is 1.74 bits per heavy atom. The summed E-state index contributed by atoms with van der Waals surface area (Å²) in [6.07, 6.45) is 6.56. The van der Waals surface area contributed by atoms with Crippen molar-refractivity contribution in [1.29, 1.82) is 0 Å². The van der Waals surface area contributed by atoms with Crippen LogP contribution in [0.2, 0.25) is 0 Å². The summed E-state index contributed by atoms with van der Waals surface area (Å²) in [4.78, 5) is 2.52. The average molecular weight is 692 g/mol. The van der Waals surface area contributed by atoms with Gasteiger partial charge >= 0.3 is 0 Å². The molecule has 0 atom stereocenters. The van der Waals surface area contributed by atoms with Gasteiger partial charge in [0.2, 0.25) is 0 Å². The Hall–Kier alpha value is -5.14. The normalized spacial score (nSPS) is 14.2. The average Bonchev–Trinajstić information content (AvgIpc) is 3.17. The molecule has 0 bridgehead atoms. The van der Waals surface area contributed by atoms with Crippen LogP contribution >= 0.6 is 0 Å². The number of hydrogen-bond acceptors (Lipinski definition) is 1. The highest BCUT2D eigenvalue weighted by Gasteiger charge is 2.26. The van der Waals surface area contributed by atoms with Crippen molar-refractivity contribution in [2.75, 3.05) is 4.90 Å². The molecule has 0 spiro atoms. The van der Waals surface area contributed by atoms with Gasteiger partial charge in [0.25, 0.3) is 0 Å². The van der Waals surface area contributed by atoms with Crippen molar-refractivity contribution in [3.63, 3.8) is 0 Å². The van der Waals surface area contributed by atoms with Crippen LogP contribution < -0.4 is 4.90 Å². The van der Waals surface area contributed by atoms with Crippen molar-refractivity contribution in [3.8, 4) is 22.3 Å². The van der Waals surface area contributed by atoms with Crippen LogP contribution in [0.15, 0.2) is 146 Å². The summed E-state index contributed by atoms with van der Waals surface area (Å²) in [6.45, 7) is 14.0. The van der Waals surface area contributed by atoms with Crippen LogP contribution in [0.1, 0.15) is 96.3 Å². The van der Waals surface area contributed by atoms with Gasteiger partial charge in [-0.25, -0.2) is 0 Å². The van der Waals surface area contributed by atoms with Crippen molar-refractivity contribution in [3.05, 3.63) is 162 Å². The van der Waals surface area contributed by atoms with E-state index in [1.807, 2.05) is 0 Å². The first kappa shape index (κ1) is 34.9. The van der Waals surface area contributed by atoms with Gasteiger partial charge in [-0.3, -0.25) is 0 Å². The third-order valence-corrected chi connectivity index (χ3v) is 11.6.